The van der Waals surface area contributed by atoms with E-state index in [1.165, 1.54) is 0 Å². The maximum Gasteiger partial charge on any atom is 0.242 e. The maximum absolute atomic E-state index is 5.93. The molecule has 0 saturated carbocycles. The molecular formula is C11H15BrOSi. The summed E-state index contributed by atoms with van der Waals surface area (Å²) in [6.45, 7) is 6.52. The molecule has 0 aliphatic heterocycles. The molecule has 0 saturated heterocycles. The first-order valence-corrected chi connectivity index (χ1v) is 8.90. The molecular weight excluding hydrogens is 256 g/mol. The van der Waals surface area contributed by atoms with Crippen molar-refractivity contribution in [2.24, 2.45) is 0 Å². The Morgan fingerprint density at radius 2 is 1.79 bits per heavy atom. The monoisotopic (exact) mass is 270 g/mol. The minimum absolute atomic E-state index is 0.921. The van der Waals surface area contributed by atoms with Crippen LogP contribution in [0.5, 0.6) is 0 Å². The van der Waals surface area contributed by atoms with E-state index in [-0.39, 0.29) is 0 Å². The van der Waals surface area contributed by atoms with Crippen molar-refractivity contribution in [2.75, 3.05) is 0 Å². The summed E-state index contributed by atoms with van der Waals surface area (Å²) in [5.74, 6) is 0.921. The van der Waals surface area contributed by atoms with E-state index >= 15 is 0 Å². The van der Waals surface area contributed by atoms with E-state index < -0.39 is 8.32 Å². The van der Waals surface area contributed by atoms with Gasteiger partial charge in [-0.3, -0.25) is 0 Å². The molecule has 1 aromatic carbocycles. The molecule has 0 aliphatic carbocycles. The van der Waals surface area contributed by atoms with Gasteiger partial charge in [0.1, 0.15) is 5.76 Å². The van der Waals surface area contributed by atoms with Crippen LogP contribution in [0.1, 0.15) is 5.56 Å². The van der Waals surface area contributed by atoms with Crippen LogP contribution in [0.4, 0.5) is 0 Å². The predicted octanol–water partition coefficient (Wildman–Crippen LogP) is 4.23. The van der Waals surface area contributed by atoms with Crippen LogP contribution in [0.25, 0.3) is 5.76 Å². The van der Waals surface area contributed by atoms with Crippen molar-refractivity contribution < 1.29 is 4.43 Å². The zero-order valence-corrected chi connectivity index (χ0v) is 11.3. The Labute approximate surface area is 95.1 Å². The van der Waals surface area contributed by atoms with E-state index in [0.717, 1.165) is 11.3 Å². The highest BCUT2D eigenvalue weighted by Crippen LogP contribution is 2.21. The van der Waals surface area contributed by atoms with Crippen LogP contribution in [-0.4, -0.2) is 8.32 Å². The van der Waals surface area contributed by atoms with Gasteiger partial charge < -0.3 is 4.43 Å². The third-order valence-corrected chi connectivity index (χ3v) is 2.82. The second-order valence-corrected chi connectivity index (χ2v) is 8.94. The molecule has 0 amide bonds. The summed E-state index contributed by atoms with van der Waals surface area (Å²) in [5, 5.41) is 0. The molecule has 0 aromatic heterocycles. The van der Waals surface area contributed by atoms with E-state index in [4.69, 9.17) is 4.43 Å². The fourth-order valence-electron chi connectivity index (χ4n) is 1.08. The molecule has 0 spiro atoms. The van der Waals surface area contributed by atoms with Crippen LogP contribution in [-0.2, 0) is 4.43 Å². The van der Waals surface area contributed by atoms with Gasteiger partial charge in [0.2, 0.25) is 8.32 Å². The van der Waals surface area contributed by atoms with Crippen molar-refractivity contribution in [2.45, 2.75) is 19.6 Å². The highest BCUT2D eigenvalue weighted by atomic mass is 79.9. The molecule has 0 aliphatic rings. The molecule has 0 radical (unpaired) electrons. The zero-order chi connectivity index (χ0) is 10.6. The lowest BCUT2D eigenvalue weighted by atomic mass is 10.2. The molecule has 0 atom stereocenters. The molecule has 76 valence electrons. The minimum atomic E-state index is -1.52. The van der Waals surface area contributed by atoms with Gasteiger partial charge in [-0.2, -0.15) is 0 Å². The molecule has 1 aromatic rings. The van der Waals surface area contributed by atoms with Crippen molar-refractivity contribution in [1.82, 2.24) is 0 Å². The van der Waals surface area contributed by atoms with Crippen LogP contribution >= 0.6 is 15.9 Å². The molecule has 0 heterocycles. The standard InChI is InChI=1S/C11H15BrOSi/c1-14(2,3)13-11(9-12)10-7-5-4-6-8-10/h4-9H,1-3H3. The third-order valence-electron chi connectivity index (χ3n) is 1.57. The summed E-state index contributed by atoms with van der Waals surface area (Å²) in [5.41, 5.74) is 1.12. The summed E-state index contributed by atoms with van der Waals surface area (Å²) in [6.07, 6.45) is 0. The lowest BCUT2D eigenvalue weighted by molar-refractivity contribution is 0.516. The van der Waals surface area contributed by atoms with Crippen LogP contribution in [0.15, 0.2) is 35.3 Å². The second kappa shape index (κ2) is 4.80. The first-order chi connectivity index (χ1) is 6.53. The lowest BCUT2D eigenvalue weighted by Crippen LogP contribution is -2.24. The number of hydrogen-bond acceptors (Lipinski definition) is 1. The Morgan fingerprint density at radius 3 is 2.21 bits per heavy atom. The fraction of sp³-hybridized carbons (Fsp3) is 0.273. The van der Waals surface area contributed by atoms with Crippen molar-refractivity contribution in [3.8, 4) is 0 Å². The minimum Gasteiger partial charge on any atom is -0.544 e. The van der Waals surface area contributed by atoms with E-state index in [2.05, 4.69) is 35.6 Å². The third kappa shape index (κ3) is 3.68. The average molecular weight is 271 g/mol. The van der Waals surface area contributed by atoms with Crippen LogP contribution < -0.4 is 0 Å². The topological polar surface area (TPSA) is 9.23 Å². The average Bonchev–Trinajstić information content (AvgIpc) is 2.14. The van der Waals surface area contributed by atoms with Crippen LogP contribution in [0.2, 0.25) is 19.6 Å². The Kier molecular flexibility index (Phi) is 3.95. The Hall–Kier alpha value is -0.543. The summed E-state index contributed by atoms with van der Waals surface area (Å²) >= 11 is 3.34. The fourth-order valence-corrected chi connectivity index (χ4v) is 2.44. The summed E-state index contributed by atoms with van der Waals surface area (Å²) in [7, 11) is -1.52. The Bertz CT molecular complexity index is 314. The van der Waals surface area contributed by atoms with Gasteiger partial charge in [0, 0.05) is 10.5 Å². The van der Waals surface area contributed by atoms with Crippen molar-refractivity contribution in [1.29, 1.82) is 0 Å². The molecule has 1 nitrogen and oxygen atoms in total. The molecule has 0 N–H and O–H groups in total. The van der Waals surface area contributed by atoms with Gasteiger partial charge in [0.15, 0.2) is 0 Å². The smallest absolute Gasteiger partial charge is 0.242 e. The quantitative estimate of drug-likeness (QED) is 0.590. The largest absolute Gasteiger partial charge is 0.544 e. The van der Waals surface area contributed by atoms with Gasteiger partial charge in [-0.05, 0) is 19.6 Å². The van der Waals surface area contributed by atoms with Gasteiger partial charge in [-0.25, -0.2) is 0 Å². The summed E-state index contributed by atoms with van der Waals surface area (Å²) < 4.78 is 5.93. The number of rotatable bonds is 3. The first kappa shape index (κ1) is 11.5. The van der Waals surface area contributed by atoms with Gasteiger partial charge in [-0.1, -0.05) is 46.3 Å². The van der Waals surface area contributed by atoms with Gasteiger partial charge >= 0.3 is 0 Å². The number of halogens is 1. The number of benzene rings is 1. The van der Waals surface area contributed by atoms with E-state index in [1.807, 2.05) is 35.3 Å². The normalized spacial score (nSPS) is 12.7. The Morgan fingerprint density at radius 1 is 1.21 bits per heavy atom. The molecule has 0 bridgehead atoms. The van der Waals surface area contributed by atoms with Gasteiger partial charge in [0.05, 0.1) is 0 Å². The highest BCUT2D eigenvalue weighted by Gasteiger charge is 2.18. The maximum atomic E-state index is 5.93. The predicted molar refractivity (Wildman–Crippen MR) is 67.8 cm³/mol. The molecule has 1 rings (SSSR count). The van der Waals surface area contributed by atoms with Gasteiger partial charge in [-0.15, -0.1) is 0 Å². The highest BCUT2D eigenvalue weighted by molar-refractivity contribution is 9.11. The number of hydrogen-bond donors (Lipinski definition) is 0. The van der Waals surface area contributed by atoms with Gasteiger partial charge in [0.25, 0.3) is 0 Å². The van der Waals surface area contributed by atoms with Crippen LogP contribution in [0, 0.1) is 0 Å². The van der Waals surface area contributed by atoms with Crippen molar-refractivity contribution in [3.05, 3.63) is 40.9 Å². The van der Waals surface area contributed by atoms with E-state index in [9.17, 15) is 0 Å². The van der Waals surface area contributed by atoms with Crippen molar-refractivity contribution >= 4 is 30.0 Å². The molecule has 3 heteroatoms. The molecule has 0 fully saturated rings. The second-order valence-electron chi connectivity index (χ2n) is 4.05. The van der Waals surface area contributed by atoms with Crippen molar-refractivity contribution in [3.63, 3.8) is 0 Å². The summed E-state index contributed by atoms with van der Waals surface area (Å²) in [4.78, 5) is 1.85. The van der Waals surface area contributed by atoms with Crippen LogP contribution in [0.3, 0.4) is 0 Å². The summed E-state index contributed by atoms with van der Waals surface area (Å²) in [6, 6.07) is 10.1. The van der Waals surface area contributed by atoms with E-state index in [0.29, 0.717) is 0 Å². The molecule has 0 unspecified atom stereocenters. The SMILES string of the molecule is C[Si](C)(C)OC(=CBr)c1ccccc1. The zero-order valence-electron chi connectivity index (χ0n) is 8.75. The Balaban J connectivity index is 2.85. The first-order valence-electron chi connectivity index (χ1n) is 4.58. The lowest BCUT2D eigenvalue weighted by Gasteiger charge is -2.21. The molecule has 14 heavy (non-hydrogen) atoms. The van der Waals surface area contributed by atoms with E-state index in [1.54, 1.807) is 0 Å².